The molecule has 0 aliphatic heterocycles. The number of hydrogen-bond donors (Lipinski definition) is 2. The van der Waals surface area contributed by atoms with Crippen molar-refractivity contribution in [2.75, 3.05) is 7.05 Å². The van der Waals surface area contributed by atoms with Gasteiger partial charge in [-0.25, -0.2) is 0 Å². The lowest BCUT2D eigenvalue weighted by Crippen LogP contribution is -2.28. The molecule has 0 aliphatic carbocycles. The first-order valence-electron chi connectivity index (χ1n) is 3.98. The van der Waals surface area contributed by atoms with Gasteiger partial charge in [0, 0.05) is 12.1 Å². The highest BCUT2D eigenvalue weighted by molar-refractivity contribution is 7.80. The molecule has 74 valence electrons. The minimum Gasteiger partial charge on any atom is -0.364 e. The van der Waals surface area contributed by atoms with Crippen molar-refractivity contribution in [1.82, 2.24) is 10.7 Å². The number of nitrogens with one attached hydrogen (secondary N) is 2. The van der Waals surface area contributed by atoms with Gasteiger partial charge in [-0.15, -0.1) is 0 Å². The lowest BCUT2D eigenvalue weighted by molar-refractivity contribution is 0.982. The standard InChI is InChI=1S/C9H10ClN3S/c1-11-9(14)13-12-6-7-3-2-4-8(10)5-7/h2-6H,1H3,(H2,11,13,14). The molecule has 0 saturated carbocycles. The van der Waals surface area contributed by atoms with Crippen molar-refractivity contribution < 1.29 is 0 Å². The SMILES string of the molecule is CNC(=S)NN=Cc1cccc(Cl)c1. The monoisotopic (exact) mass is 227 g/mol. The molecule has 0 aliphatic rings. The summed E-state index contributed by atoms with van der Waals surface area (Å²) in [5, 5.41) is 7.82. The molecular formula is C9H10ClN3S. The van der Waals surface area contributed by atoms with Crippen molar-refractivity contribution in [1.29, 1.82) is 0 Å². The van der Waals surface area contributed by atoms with Gasteiger partial charge in [-0.05, 0) is 29.9 Å². The molecule has 0 saturated heterocycles. The maximum absolute atomic E-state index is 5.79. The first-order valence-corrected chi connectivity index (χ1v) is 4.77. The normalized spacial score (nSPS) is 10.1. The summed E-state index contributed by atoms with van der Waals surface area (Å²) in [6.45, 7) is 0. The summed E-state index contributed by atoms with van der Waals surface area (Å²) in [5.41, 5.74) is 3.57. The molecule has 0 atom stereocenters. The number of rotatable bonds is 2. The molecule has 3 nitrogen and oxygen atoms in total. The summed E-state index contributed by atoms with van der Waals surface area (Å²) in [6, 6.07) is 7.39. The Morgan fingerprint density at radius 2 is 2.36 bits per heavy atom. The van der Waals surface area contributed by atoms with Gasteiger partial charge in [0.25, 0.3) is 0 Å². The molecule has 0 bridgehead atoms. The predicted molar refractivity (Wildman–Crippen MR) is 63.8 cm³/mol. The molecule has 1 aromatic carbocycles. The number of hydrazone groups is 1. The smallest absolute Gasteiger partial charge is 0.186 e. The number of thiocarbonyl (C=S) groups is 1. The fraction of sp³-hybridized carbons (Fsp3) is 0.111. The zero-order valence-electron chi connectivity index (χ0n) is 7.62. The Morgan fingerprint density at radius 1 is 1.57 bits per heavy atom. The first kappa shape index (κ1) is 10.9. The third-order valence-electron chi connectivity index (χ3n) is 1.46. The molecule has 0 radical (unpaired) electrons. The van der Waals surface area contributed by atoms with Gasteiger partial charge in [-0.3, -0.25) is 5.43 Å². The van der Waals surface area contributed by atoms with Crippen LogP contribution in [0.4, 0.5) is 0 Å². The van der Waals surface area contributed by atoms with Crippen LogP contribution in [0, 0.1) is 0 Å². The van der Waals surface area contributed by atoms with E-state index in [-0.39, 0.29) is 0 Å². The van der Waals surface area contributed by atoms with Crippen LogP contribution < -0.4 is 10.7 Å². The highest BCUT2D eigenvalue weighted by Crippen LogP contribution is 2.08. The second-order valence-electron chi connectivity index (χ2n) is 2.50. The molecular weight excluding hydrogens is 218 g/mol. The van der Waals surface area contributed by atoms with Gasteiger partial charge in [-0.2, -0.15) is 5.10 Å². The van der Waals surface area contributed by atoms with E-state index >= 15 is 0 Å². The molecule has 0 aromatic heterocycles. The molecule has 14 heavy (non-hydrogen) atoms. The largest absolute Gasteiger partial charge is 0.364 e. The van der Waals surface area contributed by atoms with Crippen LogP contribution in [-0.4, -0.2) is 18.4 Å². The highest BCUT2D eigenvalue weighted by atomic mass is 35.5. The summed E-state index contributed by atoms with van der Waals surface area (Å²) in [4.78, 5) is 0. The van der Waals surface area contributed by atoms with E-state index in [2.05, 4.69) is 15.8 Å². The number of benzene rings is 1. The van der Waals surface area contributed by atoms with Gasteiger partial charge in [0.1, 0.15) is 0 Å². The molecule has 0 spiro atoms. The van der Waals surface area contributed by atoms with Crippen molar-refractivity contribution in [3.8, 4) is 0 Å². The van der Waals surface area contributed by atoms with Crippen molar-refractivity contribution >= 4 is 35.1 Å². The van der Waals surface area contributed by atoms with Gasteiger partial charge < -0.3 is 5.32 Å². The molecule has 0 amide bonds. The Labute approximate surface area is 93.2 Å². The Morgan fingerprint density at radius 3 is 3.00 bits per heavy atom. The fourth-order valence-corrected chi connectivity index (χ4v) is 1.06. The Balaban J connectivity index is 2.56. The van der Waals surface area contributed by atoms with Gasteiger partial charge in [0.15, 0.2) is 5.11 Å². The molecule has 2 N–H and O–H groups in total. The summed E-state index contributed by atoms with van der Waals surface area (Å²) in [5.74, 6) is 0. The molecule has 1 rings (SSSR count). The number of hydrogen-bond acceptors (Lipinski definition) is 2. The zero-order chi connectivity index (χ0) is 10.4. The minimum absolute atomic E-state index is 0.475. The lowest BCUT2D eigenvalue weighted by atomic mass is 10.2. The van der Waals surface area contributed by atoms with E-state index in [1.807, 2.05) is 24.3 Å². The second-order valence-corrected chi connectivity index (χ2v) is 3.35. The number of halogens is 1. The van der Waals surface area contributed by atoms with Gasteiger partial charge in [0.2, 0.25) is 0 Å². The van der Waals surface area contributed by atoms with Crippen LogP contribution in [-0.2, 0) is 0 Å². The van der Waals surface area contributed by atoms with Crippen LogP contribution in [0.25, 0.3) is 0 Å². The maximum Gasteiger partial charge on any atom is 0.186 e. The third-order valence-corrected chi connectivity index (χ3v) is 1.99. The van der Waals surface area contributed by atoms with E-state index < -0.39 is 0 Å². The fourth-order valence-electron chi connectivity index (χ4n) is 0.808. The molecule has 0 fully saturated rings. The predicted octanol–water partition coefficient (Wildman–Crippen LogP) is 1.77. The summed E-state index contributed by atoms with van der Waals surface area (Å²) < 4.78 is 0. The summed E-state index contributed by atoms with van der Waals surface area (Å²) >= 11 is 10.6. The lowest BCUT2D eigenvalue weighted by Gasteiger charge is -1.99. The van der Waals surface area contributed by atoms with Crippen LogP contribution in [0.15, 0.2) is 29.4 Å². The van der Waals surface area contributed by atoms with E-state index in [0.717, 1.165) is 5.56 Å². The van der Waals surface area contributed by atoms with E-state index in [1.165, 1.54) is 0 Å². The number of nitrogens with zero attached hydrogens (tertiary/aromatic N) is 1. The maximum atomic E-state index is 5.79. The van der Waals surface area contributed by atoms with Crippen molar-refractivity contribution in [3.05, 3.63) is 34.9 Å². The average molecular weight is 228 g/mol. The van der Waals surface area contributed by atoms with Gasteiger partial charge >= 0.3 is 0 Å². The van der Waals surface area contributed by atoms with E-state index in [4.69, 9.17) is 23.8 Å². The van der Waals surface area contributed by atoms with E-state index in [9.17, 15) is 0 Å². The Hall–Kier alpha value is -1.13. The second kappa shape index (κ2) is 5.57. The summed E-state index contributed by atoms with van der Waals surface area (Å²) in [6.07, 6.45) is 1.65. The van der Waals surface area contributed by atoms with Gasteiger partial charge in [-0.1, -0.05) is 23.7 Å². The van der Waals surface area contributed by atoms with Crippen molar-refractivity contribution in [2.45, 2.75) is 0 Å². The molecule has 0 heterocycles. The van der Waals surface area contributed by atoms with E-state index in [1.54, 1.807) is 13.3 Å². The van der Waals surface area contributed by atoms with Gasteiger partial charge in [0.05, 0.1) is 6.21 Å². The highest BCUT2D eigenvalue weighted by Gasteiger charge is 1.89. The van der Waals surface area contributed by atoms with Crippen LogP contribution in [0.2, 0.25) is 5.02 Å². The zero-order valence-corrected chi connectivity index (χ0v) is 9.19. The Kier molecular flexibility index (Phi) is 4.35. The molecule has 1 aromatic rings. The molecule has 5 heteroatoms. The van der Waals surface area contributed by atoms with Crippen LogP contribution in [0.3, 0.4) is 0 Å². The Bertz CT molecular complexity index is 352. The minimum atomic E-state index is 0.475. The van der Waals surface area contributed by atoms with E-state index in [0.29, 0.717) is 10.1 Å². The quantitative estimate of drug-likeness (QED) is 0.459. The first-order chi connectivity index (χ1) is 6.72. The van der Waals surface area contributed by atoms with Crippen LogP contribution >= 0.6 is 23.8 Å². The molecule has 0 unspecified atom stereocenters. The van der Waals surface area contributed by atoms with Crippen LogP contribution in [0.5, 0.6) is 0 Å². The topological polar surface area (TPSA) is 36.4 Å². The van der Waals surface area contributed by atoms with Crippen LogP contribution in [0.1, 0.15) is 5.56 Å². The van der Waals surface area contributed by atoms with Crippen molar-refractivity contribution in [3.63, 3.8) is 0 Å². The average Bonchev–Trinajstić information content (AvgIpc) is 2.17. The summed E-state index contributed by atoms with van der Waals surface area (Å²) in [7, 11) is 1.73. The van der Waals surface area contributed by atoms with Crippen molar-refractivity contribution in [2.24, 2.45) is 5.10 Å². The third kappa shape index (κ3) is 3.72.